The number of amides is 2. The molecule has 144 valence electrons. The molecule has 0 bridgehead atoms. The van der Waals surface area contributed by atoms with Gasteiger partial charge >= 0.3 is 0 Å². The molecule has 26 heavy (non-hydrogen) atoms. The molecule has 1 aromatic carbocycles. The number of piperidine rings is 1. The van der Waals surface area contributed by atoms with Crippen LogP contribution in [0, 0.1) is 5.92 Å². The molecular weight excluding hydrogens is 334 g/mol. The molecule has 0 saturated carbocycles. The molecule has 2 amide bonds. The number of benzene rings is 1. The molecule has 7 nitrogen and oxygen atoms in total. The van der Waals surface area contributed by atoms with Crippen LogP contribution in [0.2, 0.25) is 0 Å². The Bertz CT molecular complexity index is 625. The average molecular weight is 363 g/mol. The van der Waals surface area contributed by atoms with Gasteiger partial charge in [0.05, 0.1) is 14.2 Å². The minimum absolute atomic E-state index is 0.0217. The Morgan fingerprint density at radius 1 is 1.15 bits per heavy atom. The molecule has 0 radical (unpaired) electrons. The molecule has 1 aliphatic heterocycles. The number of hydrogen-bond acceptors (Lipinski definition) is 5. The Labute approximate surface area is 155 Å². The van der Waals surface area contributed by atoms with Crippen molar-refractivity contribution in [1.29, 1.82) is 0 Å². The van der Waals surface area contributed by atoms with Gasteiger partial charge in [0.2, 0.25) is 5.91 Å². The molecule has 7 heteroatoms. The molecule has 0 aliphatic carbocycles. The Morgan fingerprint density at radius 2 is 1.81 bits per heavy atom. The first kappa shape index (κ1) is 20.0. The molecule has 0 aromatic heterocycles. The normalized spacial score (nSPS) is 15.0. The maximum Gasteiger partial charge on any atom is 0.253 e. The van der Waals surface area contributed by atoms with Gasteiger partial charge in [-0.3, -0.25) is 9.59 Å². The standard InChI is InChI=1S/C19H29N3O4/c1-21(2)12-9-20-18(23)14-7-10-22(11-8-14)19(24)15-5-6-16(25-3)17(13-15)26-4/h5-6,13-14H,7-12H2,1-4H3,(H,20,23). The summed E-state index contributed by atoms with van der Waals surface area (Å²) >= 11 is 0. The van der Waals surface area contributed by atoms with Crippen LogP contribution in [-0.2, 0) is 4.79 Å². The first-order valence-corrected chi connectivity index (χ1v) is 8.90. The van der Waals surface area contributed by atoms with Gasteiger partial charge in [-0.15, -0.1) is 0 Å². The van der Waals surface area contributed by atoms with Crippen molar-refractivity contribution in [3.05, 3.63) is 23.8 Å². The summed E-state index contributed by atoms with van der Waals surface area (Å²) in [5, 5.41) is 2.97. The first-order chi connectivity index (χ1) is 12.5. The lowest BCUT2D eigenvalue weighted by Crippen LogP contribution is -2.44. The number of likely N-dealkylation sites (N-methyl/N-ethyl adjacent to an activating group) is 1. The highest BCUT2D eigenvalue weighted by Crippen LogP contribution is 2.28. The molecule has 0 atom stereocenters. The van der Waals surface area contributed by atoms with Crippen molar-refractivity contribution in [2.24, 2.45) is 5.92 Å². The van der Waals surface area contributed by atoms with Crippen LogP contribution < -0.4 is 14.8 Å². The zero-order valence-corrected chi connectivity index (χ0v) is 16.1. The Balaban J connectivity index is 1.89. The predicted molar refractivity (Wildman–Crippen MR) is 99.7 cm³/mol. The van der Waals surface area contributed by atoms with E-state index < -0.39 is 0 Å². The highest BCUT2D eigenvalue weighted by Gasteiger charge is 2.28. The van der Waals surface area contributed by atoms with Crippen LogP contribution in [0.15, 0.2) is 18.2 Å². The lowest BCUT2D eigenvalue weighted by atomic mass is 9.95. The number of ether oxygens (including phenoxy) is 2. The number of likely N-dealkylation sites (tertiary alicyclic amines) is 1. The van der Waals surface area contributed by atoms with Crippen LogP contribution in [0.5, 0.6) is 11.5 Å². The van der Waals surface area contributed by atoms with Gasteiger partial charge < -0.3 is 24.6 Å². The molecule has 1 fully saturated rings. The number of hydrogen-bond donors (Lipinski definition) is 1. The van der Waals surface area contributed by atoms with Crippen molar-refractivity contribution in [3.63, 3.8) is 0 Å². The molecule has 1 N–H and O–H groups in total. The smallest absolute Gasteiger partial charge is 0.253 e. The number of carbonyl (C=O) groups excluding carboxylic acids is 2. The summed E-state index contributed by atoms with van der Waals surface area (Å²) in [6.45, 7) is 2.64. The monoisotopic (exact) mass is 363 g/mol. The van der Waals surface area contributed by atoms with Gasteiger partial charge in [0.1, 0.15) is 0 Å². The molecule has 0 unspecified atom stereocenters. The SMILES string of the molecule is COc1ccc(C(=O)N2CCC(C(=O)NCCN(C)C)CC2)cc1OC. The summed E-state index contributed by atoms with van der Waals surface area (Å²) in [6, 6.07) is 5.17. The van der Waals surface area contributed by atoms with E-state index >= 15 is 0 Å². The third-order valence-electron chi connectivity index (χ3n) is 4.64. The van der Waals surface area contributed by atoms with Crippen LogP contribution in [0.25, 0.3) is 0 Å². The van der Waals surface area contributed by atoms with E-state index in [-0.39, 0.29) is 17.7 Å². The first-order valence-electron chi connectivity index (χ1n) is 8.90. The van der Waals surface area contributed by atoms with Gasteiger partial charge in [0.25, 0.3) is 5.91 Å². The predicted octanol–water partition coefficient (Wildman–Crippen LogP) is 1.23. The highest BCUT2D eigenvalue weighted by atomic mass is 16.5. The minimum Gasteiger partial charge on any atom is -0.493 e. The van der Waals surface area contributed by atoms with E-state index in [1.165, 1.54) is 0 Å². The number of rotatable bonds is 7. The van der Waals surface area contributed by atoms with Crippen LogP contribution in [0.3, 0.4) is 0 Å². The molecule has 1 aromatic rings. The second-order valence-corrected chi connectivity index (χ2v) is 6.73. The minimum atomic E-state index is -0.0441. The summed E-state index contributed by atoms with van der Waals surface area (Å²) in [7, 11) is 7.06. The summed E-state index contributed by atoms with van der Waals surface area (Å²) in [4.78, 5) is 28.8. The molecule has 1 heterocycles. The van der Waals surface area contributed by atoms with Crippen LogP contribution in [-0.4, -0.2) is 76.1 Å². The fourth-order valence-corrected chi connectivity index (χ4v) is 3.04. The van der Waals surface area contributed by atoms with E-state index in [1.54, 1.807) is 37.3 Å². The summed E-state index contributed by atoms with van der Waals surface area (Å²) in [6.07, 6.45) is 1.37. The van der Waals surface area contributed by atoms with E-state index in [0.717, 1.165) is 6.54 Å². The number of nitrogens with one attached hydrogen (secondary N) is 1. The Kier molecular flexibility index (Phi) is 7.26. The van der Waals surface area contributed by atoms with Crippen LogP contribution in [0.1, 0.15) is 23.2 Å². The third-order valence-corrected chi connectivity index (χ3v) is 4.64. The average Bonchev–Trinajstić information content (AvgIpc) is 2.66. The van der Waals surface area contributed by atoms with Crippen molar-refractivity contribution in [3.8, 4) is 11.5 Å². The van der Waals surface area contributed by atoms with Gasteiger partial charge in [-0.1, -0.05) is 0 Å². The second kappa shape index (κ2) is 9.43. The Hall–Kier alpha value is -2.28. The van der Waals surface area contributed by atoms with E-state index in [1.807, 2.05) is 19.0 Å². The van der Waals surface area contributed by atoms with Crippen molar-refractivity contribution in [1.82, 2.24) is 15.1 Å². The third kappa shape index (κ3) is 5.11. The number of methoxy groups -OCH3 is 2. The van der Waals surface area contributed by atoms with Crippen molar-refractivity contribution in [2.45, 2.75) is 12.8 Å². The highest BCUT2D eigenvalue weighted by molar-refractivity contribution is 5.95. The van der Waals surface area contributed by atoms with Gasteiger partial charge in [-0.2, -0.15) is 0 Å². The molecule has 1 aliphatic rings. The van der Waals surface area contributed by atoms with E-state index in [9.17, 15) is 9.59 Å². The van der Waals surface area contributed by atoms with Gasteiger partial charge in [-0.25, -0.2) is 0 Å². The van der Waals surface area contributed by atoms with Crippen LogP contribution >= 0.6 is 0 Å². The second-order valence-electron chi connectivity index (χ2n) is 6.73. The topological polar surface area (TPSA) is 71.1 Å². The van der Waals surface area contributed by atoms with Crippen molar-refractivity contribution < 1.29 is 19.1 Å². The summed E-state index contributed by atoms with van der Waals surface area (Å²) in [5.74, 6) is 1.15. The lowest BCUT2D eigenvalue weighted by Gasteiger charge is -2.31. The number of carbonyl (C=O) groups is 2. The fraction of sp³-hybridized carbons (Fsp3) is 0.579. The van der Waals surface area contributed by atoms with E-state index in [0.29, 0.717) is 49.5 Å². The fourth-order valence-electron chi connectivity index (χ4n) is 3.04. The zero-order valence-electron chi connectivity index (χ0n) is 16.1. The maximum atomic E-state index is 12.7. The Morgan fingerprint density at radius 3 is 2.38 bits per heavy atom. The molecule has 2 rings (SSSR count). The van der Waals surface area contributed by atoms with Gasteiger partial charge in [-0.05, 0) is 45.1 Å². The van der Waals surface area contributed by atoms with Crippen LogP contribution in [0.4, 0.5) is 0 Å². The molecule has 1 saturated heterocycles. The summed E-state index contributed by atoms with van der Waals surface area (Å²) in [5.41, 5.74) is 0.566. The van der Waals surface area contributed by atoms with E-state index in [2.05, 4.69) is 5.32 Å². The maximum absolute atomic E-state index is 12.7. The van der Waals surface area contributed by atoms with Crippen molar-refractivity contribution >= 4 is 11.8 Å². The van der Waals surface area contributed by atoms with E-state index in [4.69, 9.17) is 9.47 Å². The zero-order chi connectivity index (χ0) is 19.1. The quantitative estimate of drug-likeness (QED) is 0.789. The largest absolute Gasteiger partial charge is 0.493 e. The van der Waals surface area contributed by atoms with Gasteiger partial charge in [0, 0.05) is 37.7 Å². The van der Waals surface area contributed by atoms with Crippen molar-refractivity contribution in [2.75, 3.05) is 54.5 Å². The molecular formula is C19H29N3O4. The van der Waals surface area contributed by atoms with Gasteiger partial charge in [0.15, 0.2) is 11.5 Å². The summed E-state index contributed by atoms with van der Waals surface area (Å²) < 4.78 is 10.5. The molecule has 0 spiro atoms. The number of nitrogens with zero attached hydrogens (tertiary/aromatic N) is 2. The lowest BCUT2D eigenvalue weighted by molar-refractivity contribution is -0.126.